The molecule has 0 saturated carbocycles. The molecule has 0 saturated heterocycles. The average molecular weight is 404 g/mol. The molecule has 5 rings (SSSR count). The van der Waals surface area contributed by atoms with E-state index in [1.165, 1.54) is 37.6 Å². The van der Waals surface area contributed by atoms with Crippen molar-refractivity contribution in [3.05, 3.63) is 133 Å². The zero-order valence-electron chi connectivity index (χ0n) is 17.1. The van der Waals surface area contributed by atoms with Crippen LogP contribution in [0.15, 0.2) is 127 Å². The minimum absolute atomic E-state index is 1.30. The Hall–Kier alpha value is -3.21. The van der Waals surface area contributed by atoms with Crippen molar-refractivity contribution in [2.45, 2.75) is 6.92 Å². The first-order valence-electron chi connectivity index (χ1n) is 10.5. The first-order valence-corrected chi connectivity index (χ1v) is 12.5. The molecular formula is C29H25P. The second-order valence-electron chi connectivity index (χ2n) is 7.83. The summed E-state index contributed by atoms with van der Waals surface area (Å²) in [6.07, 6.45) is 0. The van der Waals surface area contributed by atoms with Crippen LogP contribution in [0, 0.1) is 6.92 Å². The first-order chi connectivity index (χ1) is 14.8. The molecule has 0 spiro atoms. The van der Waals surface area contributed by atoms with E-state index in [0.29, 0.717) is 0 Å². The summed E-state index contributed by atoms with van der Waals surface area (Å²) in [5.74, 6) is 0. The third-order valence-electron chi connectivity index (χ3n) is 6.13. The van der Waals surface area contributed by atoms with Gasteiger partial charge in [-0.3, -0.25) is 0 Å². The van der Waals surface area contributed by atoms with Gasteiger partial charge in [-0.2, -0.15) is 0 Å². The predicted molar refractivity (Wildman–Crippen MR) is 135 cm³/mol. The number of rotatable bonds is 4. The van der Waals surface area contributed by atoms with Crippen molar-refractivity contribution in [2.75, 3.05) is 0 Å². The molecule has 0 unspecified atom stereocenters. The Morgan fingerprint density at radius 3 is 1.37 bits per heavy atom. The first kappa shape index (κ1) is 18.8. The van der Waals surface area contributed by atoms with Gasteiger partial charge in [0.05, 0.1) is 0 Å². The van der Waals surface area contributed by atoms with Gasteiger partial charge in [-0.05, 0) is 0 Å². The molecule has 5 aromatic rings. The Morgan fingerprint density at radius 1 is 0.433 bits per heavy atom. The van der Waals surface area contributed by atoms with Crippen LogP contribution in [0.5, 0.6) is 0 Å². The average Bonchev–Trinajstić information content (AvgIpc) is 2.83. The molecule has 0 amide bonds. The maximum absolute atomic E-state index is 2.51. The Morgan fingerprint density at radius 2 is 0.867 bits per heavy atom. The van der Waals surface area contributed by atoms with Crippen molar-refractivity contribution in [2.24, 2.45) is 0 Å². The summed E-state index contributed by atoms with van der Waals surface area (Å²) < 4.78 is 0. The molecule has 0 N–H and O–H groups in total. The summed E-state index contributed by atoms with van der Waals surface area (Å²) in [5, 5.41) is 8.41. The van der Waals surface area contributed by atoms with Crippen LogP contribution in [-0.2, 0) is 0 Å². The van der Waals surface area contributed by atoms with Crippen molar-refractivity contribution in [1.82, 2.24) is 0 Å². The Kier molecular flexibility index (Phi) is 4.95. The van der Waals surface area contributed by atoms with Crippen LogP contribution >= 0.6 is 7.26 Å². The van der Waals surface area contributed by atoms with Gasteiger partial charge in [0.15, 0.2) is 0 Å². The molecule has 0 aliphatic rings. The second kappa shape index (κ2) is 7.90. The van der Waals surface area contributed by atoms with E-state index in [1.54, 1.807) is 0 Å². The van der Waals surface area contributed by atoms with Crippen molar-refractivity contribution in [3.8, 4) is 0 Å². The van der Waals surface area contributed by atoms with Crippen LogP contribution in [0.25, 0.3) is 10.8 Å². The van der Waals surface area contributed by atoms with E-state index in [2.05, 4.69) is 134 Å². The van der Waals surface area contributed by atoms with Crippen LogP contribution in [0.1, 0.15) is 5.56 Å². The number of aryl methyl sites for hydroxylation is 1. The molecule has 30 heavy (non-hydrogen) atoms. The van der Waals surface area contributed by atoms with E-state index in [4.69, 9.17) is 0 Å². The molecule has 146 valence electrons. The van der Waals surface area contributed by atoms with Gasteiger partial charge in [0.1, 0.15) is 0 Å². The SMILES string of the molecule is Cc1ccc2ccccc2c1[PH](c1ccccc1)(c1ccccc1)c1ccccc1. The molecular weight excluding hydrogens is 379 g/mol. The summed E-state index contributed by atoms with van der Waals surface area (Å²) in [6.45, 7) is 2.28. The maximum atomic E-state index is 2.33. The van der Waals surface area contributed by atoms with Gasteiger partial charge in [-0.1, -0.05) is 0 Å². The molecule has 5 aromatic carbocycles. The zero-order chi connectivity index (χ0) is 20.4. The van der Waals surface area contributed by atoms with Gasteiger partial charge >= 0.3 is 179 Å². The number of hydrogen-bond acceptors (Lipinski definition) is 0. The van der Waals surface area contributed by atoms with Crippen LogP contribution < -0.4 is 21.2 Å². The number of fused-ring (bicyclic) bond motifs is 1. The summed E-state index contributed by atoms with van der Waals surface area (Å²) in [6, 6.07) is 46.8. The molecule has 0 aliphatic carbocycles. The zero-order valence-corrected chi connectivity index (χ0v) is 18.1. The van der Waals surface area contributed by atoms with Gasteiger partial charge in [0, 0.05) is 0 Å². The summed E-state index contributed by atoms with van der Waals surface area (Å²) in [4.78, 5) is 0. The van der Waals surface area contributed by atoms with Gasteiger partial charge < -0.3 is 0 Å². The van der Waals surface area contributed by atoms with Crippen LogP contribution in [0.4, 0.5) is 0 Å². The molecule has 0 nitrogen and oxygen atoms in total. The Labute approximate surface area is 179 Å². The molecule has 0 radical (unpaired) electrons. The van der Waals surface area contributed by atoms with Gasteiger partial charge in [-0.15, -0.1) is 0 Å². The Balaban J connectivity index is 2.03. The number of benzene rings is 5. The third kappa shape index (κ3) is 2.96. The van der Waals surface area contributed by atoms with Gasteiger partial charge in [-0.25, -0.2) is 0 Å². The molecule has 1 heteroatoms. The van der Waals surface area contributed by atoms with Gasteiger partial charge in [0.25, 0.3) is 0 Å². The summed E-state index contributed by atoms with van der Waals surface area (Å²) in [5.41, 5.74) is 1.36. The van der Waals surface area contributed by atoms with E-state index in [1.807, 2.05) is 0 Å². The molecule has 0 fully saturated rings. The topological polar surface area (TPSA) is 0 Å². The fraction of sp³-hybridized carbons (Fsp3) is 0.0345. The monoisotopic (exact) mass is 404 g/mol. The van der Waals surface area contributed by atoms with E-state index in [9.17, 15) is 0 Å². The quantitative estimate of drug-likeness (QED) is 0.347. The molecule has 0 aromatic heterocycles. The third-order valence-corrected chi connectivity index (χ3v) is 11.1. The predicted octanol–water partition coefficient (Wildman–Crippen LogP) is 5.50. The van der Waals surface area contributed by atoms with Crippen LogP contribution in [-0.4, -0.2) is 0 Å². The van der Waals surface area contributed by atoms with Gasteiger partial charge in [0.2, 0.25) is 0 Å². The normalized spacial score (nSPS) is 12.0. The molecule has 0 heterocycles. The van der Waals surface area contributed by atoms with Crippen molar-refractivity contribution >= 4 is 39.3 Å². The van der Waals surface area contributed by atoms with E-state index in [0.717, 1.165) is 0 Å². The van der Waals surface area contributed by atoms with Crippen molar-refractivity contribution in [3.63, 3.8) is 0 Å². The van der Waals surface area contributed by atoms with E-state index < -0.39 is 7.26 Å². The fourth-order valence-electron chi connectivity index (χ4n) is 4.88. The van der Waals surface area contributed by atoms with Crippen LogP contribution in [0.3, 0.4) is 0 Å². The molecule has 0 aliphatic heterocycles. The summed E-state index contributed by atoms with van der Waals surface area (Å²) in [7, 11) is -2.51. The van der Waals surface area contributed by atoms with E-state index >= 15 is 0 Å². The number of hydrogen-bond donors (Lipinski definition) is 0. The fourth-order valence-corrected chi connectivity index (χ4v) is 10.1. The van der Waals surface area contributed by atoms with Crippen LogP contribution in [0.2, 0.25) is 0 Å². The second-order valence-corrected chi connectivity index (χ2v) is 11.6. The minimum atomic E-state index is -2.51. The van der Waals surface area contributed by atoms with E-state index in [-0.39, 0.29) is 0 Å². The molecule has 0 atom stereocenters. The summed E-state index contributed by atoms with van der Waals surface area (Å²) >= 11 is 0. The standard InChI is InChI=1S/C29H25P/c1-23-21-22-24-13-11-12-20-28(24)29(23)30(25-14-5-2-6-15-25,26-16-7-3-8-17-26)27-18-9-4-10-19-27/h2-22,30H,1H3. The van der Waals surface area contributed by atoms with Crippen molar-refractivity contribution < 1.29 is 0 Å². The molecule has 0 bridgehead atoms. The van der Waals surface area contributed by atoms with Crippen molar-refractivity contribution in [1.29, 1.82) is 0 Å². The Bertz CT molecular complexity index is 1180.